The monoisotopic (exact) mass is 497 g/mol. The first-order valence-electron chi connectivity index (χ1n) is 13.4. The molecule has 1 aliphatic heterocycles. The average molecular weight is 498 g/mol. The zero-order chi connectivity index (χ0) is 25.4. The average Bonchev–Trinajstić information content (AvgIpc) is 3.19. The van der Waals surface area contributed by atoms with Crippen molar-refractivity contribution in [2.75, 3.05) is 25.4 Å². The molecule has 2 aromatic carbocycles. The molecule has 0 radical (unpaired) electrons. The number of aliphatic hydroxyl groups excluding tert-OH is 1. The quantitative estimate of drug-likeness (QED) is 0.375. The third-order valence-corrected chi connectivity index (χ3v) is 8.08. The fourth-order valence-corrected chi connectivity index (χ4v) is 6.08. The van der Waals surface area contributed by atoms with E-state index in [-0.39, 0.29) is 6.10 Å². The van der Waals surface area contributed by atoms with Crippen molar-refractivity contribution in [1.82, 2.24) is 19.4 Å². The Hall–Kier alpha value is -3.42. The highest BCUT2D eigenvalue weighted by Crippen LogP contribution is 2.45. The number of hydrogen-bond acceptors (Lipinski definition) is 6. The van der Waals surface area contributed by atoms with E-state index in [2.05, 4.69) is 45.6 Å². The summed E-state index contributed by atoms with van der Waals surface area (Å²) in [6, 6.07) is 18.8. The van der Waals surface area contributed by atoms with Crippen LogP contribution >= 0.6 is 0 Å². The number of rotatable bonds is 7. The Morgan fingerprint density at radius 2 is 1.81 bits per heavy atom. The Kier molecular flexibility index (Phi) is 6.57. The molecule has 4 aromatic rings. The molecule has 1 saturated carbocycles. The van der Waals surface area contributed by atoms with E-state index in [9.17, 15) is 5.11 Å². The molecule has 192 valence electrons. The van der Waals surface area contributed by atoms with Gasteiger partial charge >= 0.3 is 0 Å². The van der Waals surface area contributed by atoms with Gasteiger partial charge in [-0.3, -0.25) is 0 Å². The van der Waals surface area contributed by atoms with Crippen LogP contribution < -0.4 is 10.5 Å². The Morgan fingerprint density at radius 1 is 1.03 bits per heavy atom. The summed E-state index contributed by atoms with van der Waals surface area (Å²) >= 11 is 0. The lowest BCUT2D eigenvalue weighted by atomic mass is 9.79. The molecule has 37 heavy (non-hydrogen) atoms. The molecule has 0 spiro atoms. The van der Waals surface area contributed by atoms with E-state index in [4.69, 9.17) is 15.5 Å². The first-order valence-corrected chi connectivity index (χ1v) is 13.4. The number of nitrogens with zero attached hydrogens (tertiary/aromatic N) is 4. The maximum atomic E-state index is 9.81. The second-order valence-electron chi connectivity index (χ2n) is 10.6. The molecular weight excluding hydrogens is 462 g/mol. The summed E-state index contributed by atoms with van der Waals surface area (Å²) in [5, 5.41) is 10.7. The van der Waals surface area contributed by atoms with Crippen LogP contribution in [0.1, 0.15) is 43.0 Å². The molecule has 2 aliphatic rings. The predicted octanol–water partition coefficient (Wildman–Crippen LogP) is 4.98. The van der Waals surface area contributed by atoms with Gasteiger partial charge in [0.05, 0.1) is 11.5 Å². The zero-order valence-corrected chi connectivity index (χ0v) is 21.4. The molecule has 7 heteroatoms. The maximum Gasteiger partial charge on any atom is 0.146 e. The Labute approximate surface area is 217 Å². The largest absolute Gasteiger partial charge is 0.489 e. The molecule has 1 saturated heterocycles. The van der Waals surface area contributed by atoms with Crippen molar-refractivity contribution in [2.45, 2.75) is 51.4 Å². The minimum atomic E-state index is -0.120. The van der Waals surface area contributed by atoms with E-state index in [0.29, 0.717) is 24.4 Å². The molecule has 3 heterocycles. The van der Waals surface area contributed by atoms with Gasteiger partial charge in [0.15, 0.2) is 0 Å². The molecule has 0 atom stereocenters. The van der Waals surface area contributed by atoms with Crippen LogP contribution in [-0.4, -0.2) is 50.3 Å². The standard InChI is InChI=1S/C30H35N5O2/c1-20-27(23-8-5-9-26(16-23)37-18-21-6-3-2-4-7-21)28-29(31)32-19-33-30(28)35(20)24-14-22(15-24)17-34-12-10-25(36)11-13-34/h2-9,16,19,22,24-25,36H,10-15,17-18H2,1H3,(H2,31,32,33). The Bertz CT molecular complexity index is 1370. The number of anilines is 1. The molecule has 0 unspecified atom stereocenters. The summed E-state index contributed by atoms with van der Waals surface area (Å²) in [6.07, 6.45) is 5.51. The molecular formula is C30H35N5O2. The number of ether oxygens (including phenoxy) is 1. The van der Waals surface area contributed by atoms with Gasteiger partial charge in [-0.1, -0.05) is 42.5 Å². The lowest BCUT2D eigenvalue weighted by Crippen LogP contribution is -2.42. The van der Waals surface area contributed by atoms with Crippen molar-refractivity contribution in [3.8, 4) is 16.9 Å². The summed E-state index contributed by atoms with van der Waals surface area (Å²) in [7, 11) is 0. The minimum Gasteiger partial charge on any atom is -0.489 e. The van der Waals surface area contributed by atoms with Gasteiger partial charge in [0, 0.05) is 36.9 Å². The number of fused-ring (bicyclic) bond motifs is 1. The summed E-state index contributed by atoms with van der Waals surface area (Å²) < 4.78 is 8.51. The van der Waals surface area contributed by atoms with Gasteiger partial charge in [-0.15, -0.1) is 0 Å². The van der Waals surface area contributed by atoms with Crippen LogP contribution in [0, 0.1) is 12.8 Å². The zero-order valence-electron chi connectivity index (χ0n) is 21.4. The van der Waals surface area contributed by atoms with Gasteiger partial charge in [0.25, 0.3) is 0 Å². The van der Waals surface area contributed by atoms with Crippen LogP contribution in [0.2, 0.25) is 0 Å². The van der Waals surface area contributed by atoms with E-state index in [1.807, 2.05) is 30.3 Å². The van der Waals surface area contributed by atoms with Gasteiger partial charge < -0.3 is 25.0 Å². The second-order valence-corrected chi connectivity index (χ2v) is 10.6. The number of nitrogen functional groups attached to an aromatic ring is 1. The molecule has 0 amide bonds. The molecule has 2 fully saturated rings. The fourth-order valence-electron chi connectivity index (χ4n) is 6.08. The maximum absolute atomic E-state index is 9.81. The lowest BCUT2D eigenvalue weighted by Gasteiger charge is -2.41. The van der Waals surface area contributed by atoms with Gasteiger partial charge in [-0.25, -0.2) is 9.97 Å². The fraction of sp³-hybridized carbons (Fsp3) is 0.400. The lowest BCUT2D eigenvalue weighted by molar-refractivity contribution is 0.0566. The highest BCUT2D eigenvalue weighted by atomic mass is 16.5. The van der Waals surface area contributed by atoms with Crippen molar-refractivity contribution in [3.63, 3.8) is 0 Å². The number of aromatic nitrogens is 3. The number of piperidine rings is 1. The van der Waals surface area contributed by atoms with Gasteiger partial charge in [0.2, 0.25) is 0 Å². The number of hydrogen-bond donors (Lipinski definition) is 2. The van der Waals surface area contributed by atoms with Crippen LogP contribution in [-0.2, 0) is 6.61 Å². The highest BCUT2D eigenvalue weighted by Gasteiger charge is 2.35. The van der Waals surface area contributed by atoms with Crippen molar-refractivity contribution in [2.24, 2.45) is 5.92 Å². The molecule has 7 nitrogen and oxygen atoms in total. The normalized spacial score (nSPS) is 20.7. The summed E-state index contributed by atoms with van der Waals surface area (Å²) in [6.45, 7) is 5.82. The molecule has 2 aromatic heterocycles. The van der Waals surface area contributed by atoms with Gasteiger partial charge in [-0.2, -0.15) is 0 Å². The third kappa shape index (κ3) is 4.81. The molecule has 6 rings (SSSR count). The van der Waals surface area contributed by atoms with E-state index in [0.717, 1.165) is 78.8 Å². The highest BCUT2D eigenvalue weighted by molar-refractivity contribution is 6.02. The van der Waals surface area contributed by atoms with Crippen LogP contribution in [0.25, 0.3) is 22.2 Å². The topological polar surface area (TPSA) is 89.4 Å². The predicted molar refractivity (Wildman–Crippen MR) is 146 cm³/mol. The van der Waals surface area contributed by atoms with E-state index in [1.165, 1.54) is 5.69 Å². The summed E-state index contributed by atoms with van der Waals surface area (Å²) in [5.74, 6) is 2.02. The summed E-state index contributed by atoms with van der Waals surface area (Å²) in [4.78, 5) is 11.6. The van der Waals surface area contributed by atoms with Crippen LogP contribution in [0.5, 0.6) is 5.75 Å². The van der Waals surface area contributed by atoms with Gasteiger partial charge in [0.1, 0.15) is 30.1 Å². The number of likely N-dealkylation sites (tertiary alicyclic amines) is 1. The smallest absolute Gasteiger partial charge is 0.146 e. The second kappa shape index (κ2) is 10.1. The van der Waals surface area contributed by atoms with Crippen LogP contribution in [0.4, 0.5) is 5.82 Å². The van der Waals surface area contributed by atoms with Crippen molar-refractivity contribution >= 4 is 16.9 Å². The van der Waals surface area contributed by atoms with Crippen molar-refractivity contribution < 1.29 is 9.84 Å². The minimum absolute atomic E-state index is 0.120. The Morgan fingerprint density at radius 3 is 2.59 bits per heavy atom. The number of nitrogens with two attached hydrogens (primary N) is 1. The molecule has 0 bridgehead atoms. The summed E-state index contributed by atoms with van der Waals surface area (Å²) in [5.41, 5.74) is 11.8. The number of benzene rings is 2. The van der Waals surface area contributed by atoms with Crippen LogP contribution in [0.15, 0.2) is 60.9 Å². The first kappa shape index (κ1) is 23.9. The molecule has 3 N–H and O–H groups in total. The van der Waals surface area contributed by atoms with E-state index < -0.39 is 0 Å². The van der Waals surface area contributed by atoms with E-state index in [1.54, 1.807) is 6.33 Å². The van der Waals surface area contributed by atoms with Gasteiger partial charge in [-0.05, 0) is 61.8 Å². The van der Waals surface area contributed by atoms with E-state index >= 15 is 0 Å². The molecule has 1 aliphatic carbocycles. The van der Waals surface area contributed by atoms with Crippen molar-refractivity contribution in [3.05, 3.63) is 72.2 Å². The van der Waals surface area contributed by atoms with Crippen molar-refractivity contribution in [1.29, 1.82) is 0 Å². The van der Waals surface area contributed by atoms with Crippen LogP contribution in [0.3, 0.4) is 0 Å². The number of aliphatic hydroxyl groups is 1. The Balaban J connectivity index is 1.25. The first-order chi connectivity index (χ1) is 18.1. The SMILES string of the molecule is Cc1c(-c2cccc(OCc3ccccc3)c2)c2c(N)ncnc2n1C1CC(CN2CCC(O)CC2)C1. The third-order valence-electron chi connectivity index (χ3n) is 8.08.